The van der Waals surface area contributed by atoms with E-state index in [2.05, 4.69) is 20.1 Å². The van der Waals surface area contributed by atoms with Crippen molar-refractivity contribution < 1.29 is 13.2 Å². The summed E-state index contributed by atoms with van der Waals surface area (Å²) in [7, 11) is -3.26. The number of nitrogens with one attached hydrogen (secondary N) is 1. The van der Waals surface area contributed by atoms with E-state index in [1.807, 2.05) is 6.07 Å². The highest BCUT2D eigenvalue weighted by atomic mass is 35.5. The van der Waals surface area contributed by atoms with Gasteiger partial charge in [0.2, 0.25) is 15.9 Å². The molecule has 0 saturated carbocycles. The fraction of sp³-hybridized carbons (Fsp3) is 0.571. The SMILES string of the molecule is O=C(CCCS(=O)(=O)N1CCCC1)Nc1ccc(Cl)c(-c2nnc3n2CCCCC3)c1. The van der Waals surface area contributed by atoms with Gasteiger partial charge in [-0.2, -0.15) is 0 Å². The van der Waals surface area contributed by atoms with Crippen molar-refractivity contribution in [2.24, 2.45) is 0 Å². The molecule has 8 nitrogen and oxygen atoms in total. The van der Waals surface area contributed by atoms with Gasteiger partial charge in [-0.1, -0.05) is 18.0 Å². The molecule has 0 unspecified atom stereocenters. The van der Waals surface area contributed by atoms with Crippen molar-refractivity contribution in [2.45, 2.75) is 57.9 Å². The van der Waals surface area contributed by atoms with Crippen LogP contribution >= 0.6 is 11.6 Å². The number of aromatic nitrogens is 3. The van der Waals surface area contributed by atoms with Gasteiger partial charge >= 0.3 is 0 Å². The largest absolute Gasteiger partial charge is 0.326 e. The molecule has 0 bridgehead atoms. The Morgan fingerprint density at radius 1 is 1.06 bits per heavy atom. The fourth-order valence-electron chi connectivity index (χ4n) is 4.19. The number of carbonyl (C=O) groups is 1. The van der Waals surface area contributed by atoms with Gasteiger partial charge in [0.15, 0.2) is 5.82 Å². The number of carbonyl (C=O) groups excluding carboxylic acids is 1. The van der Waals surface area contributed by atoms with Crippen LogP contribution in [0.2, 0.25) is 5.02 Å². The number of sulfonamides is 1. The lowest BCUT2D eigenvalue weighted by Gasteiger charge is -2.15. The third-order valence-electron chi connectivity index (χ3n) is 5.87. The Kier molecular flexibility index (Phi) is 6.93. The maximum Gasteiger partial charge on any atom is 0.224 e. The standard InChI is InChI=1S/C21H28ClN5O3S/c22-18-10-9-16(15-17(18)21-25-24-19-7-2-1-3-13-27(19)21)23-20(28)8-6-14-31(29,30)26-11-4-5-12-26/h9-10,15H,1-8,11-14H2,(H,23,28). The molecular formula is C21H28ClN5O3S. The molecule has 0 aliphatic carbocycles. The van der Waals surface area contributed by atoms with Crippen LogP contribution in [0.4, 0.5) is 5.69 Å². The van der Waals surface area contributed by atoms with E-state index < -0.39 is 10.0 Å². The molecule has 2 aromatic rings. The van der Waals surface area contributed by atoms with Gasteiger partial charge in [-0.25, -0.2) is 12.7 Å². The second kappa shape index (κ2) is 9.67. The zero-order chi connectivity index (χ0) is 21.8. The van der Waals surface area contributed by atoms with Crippen molar-refractivity contribution in [3.63, 3.8) is 0 Å². The van der Waals surface area contributed by atoms with Crippen LogP contribution in [0, 0.1) is 0 Å². The van der Waals surface area contributed by atoms with Gasteiger partial charge in [0.25, 0.3) is 0 Å². The van der Waals surface area contributed by atoms with Crippen LogP contribution in [0.3, 0.4) is 0 Å². The van der Waals surface area contributed by atoms with Crippen LogP contribution in [0.5, 0.6) is 0 Å². The molecule has 0 radical (unpaired) electrons. The lowest BCUT2D eigenvalue weighted by Crippen LogP contribution is -2.30. The monoisotopic (exact) mass is 465 g/mol. The van der Waals surface area contributed by atoms with Crippen molar-refractivity contribution in [3.05, 3.63) is 29.0 Å². The van der Waals surface area contributed by atoms with Crippen LogP contribution in [0.15, 0.2) is 18.2 Å². The molecule has 0 spiro atoms. The Morgan fingerprint density at radius 2 is 1.84 bits per heavy atom. The molecule has 1 fully saturated rings. The average Bonchev–Trinajstić information content (AvgIpc) is 3.36. The van der Waals surface area contributed by atoms with Crippen molar-refractivity contribution in [1.29, 1.82) is 0 Å². The number of amides is 1. The number of halogens is 1. The molecule has 1 amide bonds. The molecule has 1 aromatic heterocycles. The van der Waals surface area contributed by atoms with E-state index in [1.165, 1.54) is 10.7 Å². The molecule has 2 aliphatic rings. The molecule has 1 saturated heterocycles. The highest BCUT2D eigenvalue weighted by Crippen LogP contribution is 2.31. The molecule has 3 heterocycles. The number of nitrogens with zero attached hydrogens (tertiary/aromatic N) is 4. The minimum atomic E-state index is -3.26. The number of fused-ring (bicyclic) bond motifs is 1. The summed E-state index contributed by atoms with van der Waals surface area (Å²) in [6.07, 6.45) is 6.51. The van der Waals surface area contributed by atoms with Crippen LogP contribution < -0.4 is 5.32 Å². The third-order valence-corrected chi connectivity index (χ3v) is 8.15. The zero-order valence-corrected chi connectivity index (χ0v) is 19.1. The van der Waals surface area contributed by atoms with Crippen molar-refractivity contribution in [2.75, 3.05) is 24.2 Å². The molecule has 168 valence electrons. The average molecular weight is 466 g/mol. The summed E-state index contributed by atoms with van der Waals surface area (Å²) in [6, 6.07) is 5.29. The Morgan fingerprint density at radius 3 is 2.65 bits per heavy atom. The number of aryl methyl sites for hydroxylation is 1. The summed E-state index contributed by atoms with van der Waals surface area (Å²) >= 11 is 6.44. The Labute approximate surface area is 188 Å². The van der Waals surface area contributed by atoms with E-state index in [-0.39, 0.29) is 18.1 Å². The second-order valence-corrected chi connectivity index (χ2v) is 10.7. The molecule has 2 aliphatic heterocycles. The second-order valence-electron chi connectivity index (χ2n) is 8.17. The first-order chi connectivity index (χ1) is 14.9. The summed E-state index contributed by atoms with van der Waals surface area (Å²) in [4.78, 5) is 12.4. The molecule has 1 N–H and O–H groups in total. The first-order valence-electron chi connectivity index (χ1n) is 10.9. The molecule has 1 aromatic carbocycles. The Hall–Kier alpha value is -1.97. The predicted molar refractivity (Wildman–Crippen MR) is 120 cm³/mol. The number of benzene rings is 1. The fourth-order valence-corrected chi connectivity index (χ4v) is 5.98. The van der Waals surface area contributed by atoms with E-state index in [0.29, 0.717) is 30.2 Å². The van der Waals surface area contributed by atoms with Crippen molar-refractivity contribution in [3.8, 4) is 11.4 Å². The van der Waals surface area contributed by atoms with E-state index in [9.17, 15) is 13.2 Å². The number of hydrogen-bond acceptors (Lipinski definition) is 5. The smallest absolute Gasteiger partial charge is 0.224 e. The van der Waals surface area contributed by atoms with Gasteiger partial charge in [-0.05, 0) is 50.3 Å². The molecule has 4 rings (SSSR count). The van der Waals surface area contributed by atoms with Gasteiger partial charge < -0.3 is 9.88 Å². The number of rotatable bonds is 7. The van der Waals surface area contributed by atoms with E-state index in [1.54, 1.807) is 12.1 Å². The number of hydrogen-bond donors (Lipinski definition) is 1. The lowest BCUT2D eigenvalue weighted by molar-refractivity contribution is -0.116. The number of anilines is 1. The molecule has 0 atom stereocenters. The van der Waals surface area contributed by atoms with Crippen LogP contribution in [-0.4, -0.2) is 52.2 Å². The third kappa shape index (κ3) is 5.27. The summed E-state index contributed by atoms with van der Waals surface area (Å²) in [6.45, 7) is 2.04. The highest BCUT2D eigenvalue weighted by Gasteiger charge is 2.25. The molecule has 31 heavy (non-hydrogen) atoms. The van der Waals surface area contributed by atoms with Gasteiger partial charge in [0.1, 0.15) is 5.82 Å². The van der Waals surface area contributed by atoms with E-state index >= 15 is 0 Å². The summed E-state index contributed by atoms with van der Waals surface area (Å²) in [5.74, 6) is 1.47. The first kappa shape index (κ1) is 22.2. The van der Waals surface area contributed by atoms with Crippen LogP contribution in [0.1, 0.15) is 50.8 Å². The van der Waals surface area contributed by atoms with Crippen LogP contribution in [0.25, 0.3) is 11.4 Å². The summed E-state index contributed by atoms with van der Waals surface area (Å²) in [5, 5.41) is 12.1. The molecular weight excluding hydrogens is 438 g/mol. The van der Waals surface area contributed by atoms with Crippen LogP contribution in [-0.2, 0) is 27.8 Å². The van der Waals surface area contributed by atoms with Gasteiger partial charge in [-0.15, -0.1) is 10.2 Å². The Bertz CT molecular complexity index is 1050. The quantitative estimate of drug-likeness (QED) is 0.675. The normalized spacial score (nSPS) is 17.3. The van der Waals surface area contributed by atoms with Crippen molar-refractivity contribution >= 4 is 33.2 Å². The maximum absolute atomic E-state index is 12.4. The minimum Gasteiger partial charge on any atom is -0.326 e. The Balaban J connectivity index is 1.39. The zero-order valence-electron chi connectivity index (χ0n) is 17.5. The van der Waals surface area contributed by atoms with Gasteiger partial charge in [-0.3, -0.25) is 4.79 Å². The van der Waals surface area contributed by atoms with E-state index in [0.717, 1.165) is 55.9 Å². The maximum atomic E-state index is 12.4. The van der Waals surface area contributed by atoms with Gasteiger partial charge in [0, 0.05) is 43.7 Å². The predicted octanol–water partition coefficient (Wildman–Crippen LogP) is 3.47. The van der Waals surface area contributed by atoms with Crippen molar-refractivity contribution in [1.82, 2.24) is 19.1 Å². The molecule has 10 heteroatoms. The summed E-state index contributed by atoms with van der Waals surface area (Å²) in [5.41, 5.74) is 1.34. The lowest BCUT2D eigenvalue weighted by atomic mass is 10.1. The minimum absolute atomic E-state index is 0.00182. The van der Waals surface area contributed by atoms with E-state index in [4.69, 9.17) is 11.6 Å². The first-order valence-corrected chi connectivity index (χ1v) is 12.9. The highest BCUT2D eigenvalue weighted by molar-refractivity contribution is 7.89. The summed E-state index contributed by atoms with van der Waals surface area (Å²) < 4.78 is 28.2. The van der Waals surface area contributed by atoms with Gasteiger partial charge in [0.05, 0.1) is 10.8 Å². The topological polar surface area (TPSA) is 97.2 Å².